The van der Waals surface area contributed by atoms with Crippen molar-refractivity contribution in [2.45, 2.75) is 38.7 Å². The highest BCUT2D eigenvalue weighted by molar-refractivity contribution is 5.72. The molecule has 0 aromatic carbocycles. The van der Waals surface area contributed by atoms with Crippen LogP contribution in [0.3, 0.4) is 0 Å². The number of carboxylic acids is 1. The van der Waals surface area contributed by atoms with Gasteiger partial charge in [-0.2, -0.15) is 0 Å². The van der Waals surface area contributed by atoms with Crippen LogP contribution >= 0.6 is 0 Å². The molecule has 15 heavy (non-hydrogen) atoms. The third kappa shape index (κ3) is 3.12. The molecule has 0 bridgehead atoms. The Balaban J connectivity index is 2.46. The lowest BCUT2D eigenvalue weighted by Gasteiger charge is -2.36. The summed E-state index contributed by atoms with van der Waals surface area (Å²) in [6.45, 7) is 3.42. The zero-order chi connectivity index (χ0) is 11.6. The highest BCUT2D eigenvalue weighted by Gasteiger charge is 2.37. The number of nitrogens with zero attached hydrogens (tertiary/aromatic N) is 1. The second-order valence-electron chi connectivity index (χ2n) is 4.28. The molecule has 5 heteroatoms. The van der Waals surface area contributed by atoms with Crippen molar-refractivity contribution in [2.75, 3.05) is 13.1 Å². The van der Waals surface area contributed by atoms with Crippen LogP contribution in [0.15, 0.2) is 0 Å². The lowest BCUT2D eigenvalue weighted by atomic mass is 9.91. The van der Waals surface area contributed by atoms with Crippen molar-refractivity contribution in [1.29, 1.82) is 0 Å². The third-order valence-corrected chi connectivity index (χ3v) is 3.15. The first-order chi connectivity index (χ1) is 6.82. The molecule has 1 unspecified atom stereocenters. The standard InChI is InChI=1S/C10H17F2NO2/c1-7(9(14)15)13-5-3-8(4-6-13)10(2,11)12/h7-8H,3-6H2,1-2H3,(H,14,15). The average Bonchev–Trinajstić information content (AvgIpc) is 2.15. The molecule has 1 aliphatic heterocycles. The monoisotopic (exact) mass is 221 g/mol. The number of carboxylic acid groups (broad SMARTS) is 1. The van der Waals surface area contributed by atoms with E-state index < -0.39 is 23.9 Å². The molecule has 0 aliphatic carbocycles. The Morgan fingerprint density at radius 3 is 2.27 bits per heavy atom. The fraction of sp³-hybridized carbons (Fsp3) is 0.900. The summed E-state index contributed by atoms with van der Waals surface area (Å²) in [5.41, 5.74) is 0. The predicted molar refractivity (Wildman–Crippen MR) is 52.0 cm³/mol. The molecule has 0 aromatic rings. The molecule has 1 rings (SSSR count). The summed E-state index contributed by atoms with van der Waals surface area (Å²) in [6.07, 6.45) is 0.752. The van der Waals surface area contributed by atoms with Crippen LogP contribution in [-0.2, 0) is 4.79 Å². The Morgan fingerprint density at radius 2 is 1.93 bits per heavy atom. The van der Waals surface area contributed by atoms with Gasteiger partial charge < -0.3 is 5.11 Å². The highest BCUT2D eigenvalue weighted by atomic mass is 19.3. The molecule has 1 N–H and O–H groups in total. The van der Waals surface area contributed by atoms with Crippen LogP contribution in [0.1, 0.15) is 26.7 Å². The van der Waals surface area contributed by atoms with E-state index in [2.05, 4.69) is 0 Å². The van der Waals surface area contributed by atoms with Gasteiger partial charge in [-0.1, -0.05) is 0 Å². The van der Waals surface area contributed by atoms with Crippen LogP contribution in [0.2, 0.25) is 0 Å². The van der Waals surface area contributed by atoms with E-state index in [-0.39, 0.29) is 0 Å². The van der Waals surface area contributed by atoms with E-state index in [0.29, 0.717) is 25.9 Å². The lowest BCUT2D eigenvalue weighted by Crippen LogP contribution is -2.46. The summed E-state index contributed by atoms with van der Waals surface area (Å²) in [5.74, 6) is -4.13. The normalized spacial score (nSPS) is 22.7. The number of aliphatic carboxylic acids is 1. The number of carbonyl (C=O) groups is 1. The van der Waals surface area contributed by atoms with Crippen LogP contribution in [0.4, 0.5) is 8.78 Å². The van der Waals surface area contributed by atoms with Gasteiger partial charge in [-0.15, -0.1) is 0 Å². The van der Waals surface area contributed by atoms with Gasteiger partial charge in [0, 0.05) is 5.92 Å². The fourth-order valence-corrected chi connectivity index (χ4v) is 1.95. The van der Waals surface area contributed by atoms with Gasteiger partial charge in [-0.25, -0.2) is 8.78 Å². The van der Waals surface area contributed by atoms with Crippen molar-refractivity contribution in [3.8, 4) is 0 Å². The molecule has 1 fully saturated rings. The molecule has 1 aliphatic rings. The van der Waals surface area contributed by atoms with E-state index >= 15 is 0 Å². The predicted octanol–water partition coefficient (Wildman–Crippen LogP) is 1.83. The minimum atomic E-state index is -2.64. The molecule has 0 spiro atoms. The maximum absolute atomic E-state index is 13.0. The smallest absolute Gasteiger partial charge is 0.320 e. The Hall–Kier alpha value is -0.710. The molecule has 0 radical (unpaired) electrons. The molecule has 88 valence electrons. The van der Waals surface area contributed by atoms with Gasteiger partial charge in [0.15, 0.2) is 0 Å². The van der Waals surface area contributed by atoms with Gasteiger partial charge in [0.2, 0.25) is 5.92 Å². The molecule has 0 amide bonds. The number of hydrogen-bond acceptors (Lipinski definition) is 2. The number of piperidine rings is 1. The van der Waals surface area contributed by atoms with Crippen molar-refractivity contribution in [2.24, 2.45) is 5.92 Å². The molecule has 0 saturated carbocycles. The second-order valence-corrected chi connectivity index (χ2v) is 4.28. The maximum Gasteiger partial charge on any atom is 0.320 e. The zero-order valence-corrected chi connectivity index (χ0v) is 9.04. The first kappa shape index (κ1) is 12.4. The van der Waals surface area contributed by atoms with Crippen LogP contribution in [0.5, 0.6) is 0 Å². The summed E-state index contributed by atoms with van der Waals surface area (Å²) in [7, 11) is 0. The van der Waals surface area contributed by atoms with Gasteiger partial charge in [-0.3, -0.25) is 9.69 Å². The Bertz CT molecular complexity index is 232. The molecule has 1 atom stereocenters. The molecule has 3 nitrogen and oxygen atoms in total. The van der Waals surface area contributed by atoms with Gasteiger partial charge in [0.1, 0.15) is 6.04 Å². The van der Waals surface area contributed by atoms with Crippen LogP contribution in [-0.4, -0.2) is 41.0 Å². The van der Waals surface area contributed by atoms with Gasteiger partial charge >= 0.3 is 5.97 Å². The average molecular weight is 221 g/mol. The van der Waals surface area contributed by atoms with E-state index in [1.807, 2.05) is 0 Å². The van der Waals surface area contributed by atoms with Crippen molar-refractivity contribution in [3.63, 3.8) is 0 Å². The quantitative estimate of drug-likeness (QED) is 0.790. The Kier molecular flexibility index (Phi) is 3.65. The summed E-state index contributed by atoms with van der Waals surface area (Å²) >= 11 is 0. The number of halogens is 2. The highest BCUT2D eigenvalue weighted by Crippen LogP contribution is 2.32. The summed E-state index contributed by atoms with van der Waals surface area (Å²) in [6, 6.07) is -0.573. The van der Waals surface area contributed by atoms with Gasteiger partial charge in [0.05, 0.1) is 0 Å². The lowest BCUT2D eigenvalue weighted by molar-refractivity contribution is -0.144. The summed E-state index contributed by atoms with van der Waals surface area (Å²) in [4.78, 5) is 12.4. The van der Waals surface area contributed by atoms with E-state index in [1.54, 1.807) is 11.8 Å². The van der Waals surface area contributed by atoms with Gasteiger partial charge in [0.25, 0.3) is 0 Å². The summed E-state index contributed by atoms with van der Waals surface area (Å²) in [5, 5.41) is 8.77. The van der Waals surface area contributed by atoms with E-state index in [1.165, 1.54) is 0 Å². The first-order valence-corrected chi connectivity index (χ1v) is 5.17. The molecular weight excluding hydrogens is 204 g/mol. The SMILES string of the molecule is CC(C(=O)O)N1CCC(C(C)(F)F)CC1. The second kappa shape index (κ2) is 4.43. The van der Waals surface area contributed by atoms with Crippen LogP contribution in [0.25, 0.3) is 0 Å². The topological polar surface area (TPSA) is 40.5 Å². The maximum atomic E-state index is 13.0. The Morgan fingerprint density at radius 1 is 1.47 bits per heavy atom. The molecule has 1 heterocycles. The largest absolute Gasteiger partial charge is 0.480 e. The molecule has 1 saturated heterocycles. The number of rotatable bonds is 3. The minimum Gasteiger partial charge on any atom is -0.480 e. The van der Waals surface area contributed by atoms with E-state index in [0.717, 1.165) is 6.92 Å². The zero-order valence-electron chi connectivity index (χ0n) is 9.04. The van der Waals surface area contributed by atoms with E-state index in [9.17, 15) is 13.6 Å². The van der Waals surface area contributed by atoms with Crippen molar-refractivity contribution >= 4 is 5.97 Å². The minimum absolute atomic E-state index is 0.376. The summed E-state index contributed by atoms with van der Waals surface area (Å²) < 4.78 is 25.9. The van der Waals surface area contributed by atoms with E-state index in [4.69, 9.17) is 5.11 Å². The van der Waals surface area contributed by atoms with Crippen LogP contribution < -0.4 is 0 Å². The van der Waals surface area contributed by atoms with Gasteiger partial charge in [-0.05, 0) is 39.8 Å². The molecule has 0 aromatic heterocycles. The first-order valence-electron chi connectivity index (χ1n) is 5.17. The number of likely N-dealkylation sites (tertiary alicyclic amines) is 1. The number of alkyl halides is 2. The fourth-order valence-electron chi connectivity index (χ4n) is 1.95. The van der Waals surface area contributed by atoms with Crippen molar-refractivity contribution in [1.82, 2.24) is 4.90 Å². The molecular formula is C10H17F2NO2. The number of hydrogen-bond donors (Lipinski definition) is 1. The van der Waals surface area contributed by atoms with Crippen LogP contribution in [0, 0.1) is 5.92 Å². The third-order valence-electron chi connectivity index (χ3n) is 3.15. The van der Waals surface area contributed by atoms with Crippen molar-refractivity contribution < 1.29 is 18.7 Å². The Labute approximate surface area is 88.1 Å². The van der Waals surface area contributed by atoms with Crippen molar-refractivity contribution in [3.05, 3.63) is 0 Å².